The van der Waals surface area contributed by atoms with Crippen molar-refractivity contribution in [2.45, 2.75) is 37.6 Å². The first-order valence-electron chi connectivity index (χ1n) is 8.77. The molecule has 2 unspecified atom stereocenters. The van der Waals surface area contributed by atoms with Gasteiger partial charge in [-0.1, -0.05) is 6.07 Å². The lowest BCUT2D eigenvalue weighted by Gasteiger charge is -2.34. The van der Waals surface area contributed by atoms with E-state index >= 15 is 0 Å². The second kappa shape index (κ2) is 7.91. The van der Waals surface area contributed by atoms with E-state index in [2.05, 4.69) is 10.6 Å². The van der Waals surface area contributed by atoms with E-state index in [9.17, 15) is 18.4 Å². The van der Waals surface area contributed by atoms with Crippen LogP contribution in [0.5, 0.6) is 0 Å². The number of carbonyl (C=O) groups excluding carboxylic acids is 2. The number of nitrogens with one attached hydrogen (secondary N) is 2. The molecule has 2 atom stereocenters. The molecule has 0 radical (unpaired) electrons. The van der Waals surface area contributed by atoms with Crippen molar-refractivity contribution in [3.05, 3.63) is 35.4 Å². The predicted molar refractivity (Wildman–Crippen MR) is 88.9 cm³/mol. The molecule has 25 heavy (non-hydrogen) atoms. The zero-order chi connectivity index (χ0) is 17.8. The molecular weight excluding hydrogens is 328 g/mol. The molecular formula is C18H23F2N3O2. The fourth-order valence-corrected chi connectivity index (χ4v) is 3.61. The lowest BCUT2D eigenvalue weighted by molar-refractivity contribution is -0.138. The summed E-state index contributed by atoms with van der Waals surface area (Å²) >= 11 is 0. The third-order valence-corrected chi connectivity index (χ3v) is 4.96. The highest BCUT2D eigenvalue weighted by molar-refractivity contribution is 5.85. The molecule has 5 nitrogen and oxygen atoms in total. The van der Waals surface area contributed by atoms with Crippen molar-refractivity contribution in [1.82, 2.24) is 15.5 Å². The van der Waals surface area contributed by atoms with Gasteiger partial charge < -0.3 is 15.5 Å². The maximum absolute atomic E-state index is 13.6. The van der Waals surface area contributed by atoms with Crippen LogP contribution in [0.3, 0.4) is 0 Å². The van der Waals surface area contributed by atoms with Gasteiger partial charge in [0.15, 0.2) is 11.6 Å². The van der Waals surface area contributed by atoms with E-state index in [0.29, 0.717) is 25.1 Å². The third-order valence-electron chi connectivity index (χ3n) is 4.96. The average Bonchev–Trinajstić information content (AvgIpc) is 2.60. The summed E-state index contributed by atoms with van der Waals surface area (Å²) in [6.45, 7) is 1.98. The molecule has 2 saturated heterocycles. The van der Waals surface area contributed by atoms with Gasteiger partial charge in [-0.25, -0.2) is 8.78 Å². The largest absolute Gasteiger partial charge is 0.350 e. The van der Waals surface area contributed by atoms with Gasteiger partial charge in [0.1, 0.15) is 0 Å². The van der Waals surface area contributed by atoms with E-state index in [1.165, 1.54) is 6.07 Å². The number of rotatable bonds is 4. The van der Waals surface area contributed by atoms with E-state index < -0.39 is 11.6 Å². The van der Waals surface area contributed by atoms with Crippen LogP contribution in [0.15, 0.2) is 18.2 Å². The van der Waals surface area contributed by atoms with Crippen molar-refractivity contribution < 1.29 is 18.4 Å². The zero-order valence-corrected chi connectivity index (χ0v) is 14.1. The van der Waals surface area contributed by atoms with Crippen LogP contribution in [0.1, 0.15) is 37.2 Å². The number of nitrogens with zero attached hydrogens (tertiary/aromatic N) is 1. The quantitative estimate of drug-likeness (QED) is 0.865. The number of carbonyl (C=O) groups is 2. The number of hydrogen-bond donors (Lipinski definition) is 2. The number of amides is 2. The van der Waals surface area contributed by atoms with Crippen molar-refractivity contribution >= 4 is 11.8 Å². The SMILES string of the molecule is O=C(CN1CCCCC1=O)NC1CNCCC1c1ccc(F)c(F)c1. The Morgan fingerprint density at radius 2 is 2.12 bits per heavy atom. The highest BCUT2D eigenvalue weighted by Crippen LogP contribution is 2.27. The van der Waals surface area contributed by atoms with Crippen molar-refractivity contribution in [1.29, 1.82) is 0 Å². The minimum absolute atomic E-state index is 0.0142. The highest BCUT2D eigenvalue weighted by Gasteiger charge is 2.29. The van der Waals surface area contributed by atoms with Crippen molar-refractivity contribution in [3.63, 3.8) is 0 Å². The van der Waals surface area contributed by atoms with Crippen LogP contribution in [0.4, 0.5) is 8.78 Å². The molecule has 2 N–H and O–H groups in total. The van der Waals surface area contributed by atoms with Crippen LogP contribution >= 0.6 is 0 Å². The molecule has 7 heteroatoms. The van der Waals surface area contributed by atoms with Crippen LogP contribution in [0.25, 0.3) is 0 Å². The summed E-state index contributed by atoms with van der Waals surface area (Å²) in [6.07, 6.45) is 3.01. The lowest BCUT2D eigenvalue weighted by atomic mass is 9.86. The molecule has 0 saturated carbocycles. The van der Waals surface area contributed by atoms with E-state index in [-0.39, 0.29) is 30.3 Å². The second-order valence-electron chi connectivity index (χ2n) is 6.72. The van der Waals surface area contributed by atoms with Gasteiger partial charge in [0.2, 0.25) is 11.8 Å². The Bertz CT molecular complexity index is 653. The van der Waals surface area contributed by atoms with E-state index in [1.54, 1.807) is 11.0 Å². The zero-order valence-electron chi connectivity index (χ0n) is 14.1. The molecule has 3 rings (SSSR count). The Morgan fingerprint density at radius 1 is 1.28 bits per heavy atom. The van der Waals surface area contributed by atoms with Crippen molar-refractivity contribution in [2.24, 2.45) is 0 Å². The Kier molecular flexibility index (Phi) is 5.63. The van der Waals surface area contributed by atoms with Gasteiger partial charge >= 0.3 is 0 Å². The normalized spacial score (nSPS) is 24.2. The van der Waals surface area contributed by atoms with Crippen molar-refractivity contribution in [3.8, 4) is 0 Å². The average molecular weight is 351 g/mol. The fourth-order valence-electron chi connectivity index (χ4n) is 3.61. The summed E-state index contributed by atoms with van der Waals surface area (Å²) in [5.74, 6) is -2.03. The predicted octanol–water partition coefficient (Wildman–Crippen LogP) is 1.54. The minimum Gasteiger partial charge on any atom is -0.350 e. The minimum atomic E-state index is -0.875. The molecule has 136 valence electrons. The molecule has 0 aliphatic carbocycles. The summed E-state index contributed by atoms with van der Waals surface area (Å²) in [5.41, 5.74) is 0.680. The molecule has 0 spiro atoms. The first kappa shape index (κ1) is 17.8. The van der Waals surface area contributed by atoms with Gasteiger partial charge in [-0.05, 0) is 43.5 Å². The molecule has 2 amide bonds. The molecule has 1 aromatic rings. The van der Waals surface area contributed by atoms with Crippen LogP contribution in [-0.2, 0) is 9.59 Å². The smallest absolute Gasteiger partial charge is 0.239 e. The van der Waals surface area contributed by atoms with Gasteiger partial charge in [0, 0.05) is 31.5 Å². The maximum Gasteiger partial charge on any atom is 0.239 e. The van der Waals surface area contributed by atoms with Gasteiger partial charge in [0.05, 0.1) is 6.54 Å². The Hall–Kier alpha value is -2.02. The molecule has 0 bridgehead atoms. The van der Waals surface area contributed by atoms with Crippen LogP contribution in [0.2, 0.25) is 0 Å². The van der Waals surface area contributed by atoms with Gasteiger partial charge in [-0.15, -0.1) is 0 Å². The van der Waals surface area contributed by atoms with E-state index in [4.69, 9.17) is 0 Å². The van der Waals surface area contributed by atoms with Crippen LogP contribution in [0, 0.1) is 11.6 Å². The first-order valence-corrected chi connectivity index (χ1v) is 8.77. The highest BCUT2D eigenvalue weighted by atomic mass is 19.2. The summed E-state index contributed by atoms with van der Waals surface area (Å²) < 4.78 is 26.7. The number of hydrogen-bond acceptors (Lipinski definition) is 3. The van der Waals surface area contributed by atoms with Crippen LogP contribution in [-0.4, -0.2) is 48.9 Å². The van der Waals surface area contributed by atoms with Gasteiger partial charge in [-0.2, -0.15) is 0 Å². The fraction of sp³-hybridized carbons (Fsp3) is 0.556. The van der Waals surface area contributed by atoms with E-state index in [0.717, 1.165) is 31.9 Å². The number of halogens is 2. The number of piperidine rings is 2. The standard InChI is InChI=1S/C18H23F2N3O2/c19-14-5-4-12(9-15(14)20)13-6-7-21-10-16(13)22-17(24)11-23-8-2-1-3-18(23)25/h4-5,9,13,16,21H,1-3,6-8,10-11H2,(H,22,24). The maximum atomic E-state index is 13.6. The summed E-state index contributed by atoms with van der Waals surface area (Å²) in [5, 5.41) is 6.17. The Morgan fingerprint density at radius 3 is 2.88 bits per heavy atom. The summed E-state index contributed by atoms with van der Waals surface area (Å²) in [7, 11) is 0. The Labute approximate surface area is 145 Å². The van der Waals surface area contributed by atoms with Gasteiger partial charge in [0.25, 0.3) is 0 Å². The summed E-state index contributed by atoms with van der Waals surface area (Å²) in [6, 6.07) is 3.68. The molecule has 0 aromatic heterocycles. The van der Waals surface area contributed by atoms with Crippen LogP contribution < -0.4 is 10.6 Å². The molecule has 1 aromatic carbocycles. The third kappa shape index (κ3) is 4.34. The number of likely N-dealkylation sites (tertiary alicyclic amines) is 1. The van der Waals surface area contributed by atoms with Crippen molar-refractivity contribution in [2.75, 3.05) is 26.2 Å². The van der Waals surface area contributed by atoms with Gasteiger partial charge in [-0.3, -0.25) is 9.59 Å². The molecule has 2 heterocycles. The molecule has 2 fully saturated rings. The Balaban J connectivity index is 1.65. The number of benzene rings is 1. The topological polar surface area (TPSA) is 61.4 Å². The van der Waals surface area contributed by atoms with E-state index in [1.807, 2.05) is 0 Å². The monoisotopic (exact) mass is 351 g/mol. The molecule has 2 aliphatic rings. The molecule has 2 aliphatic heterocycles. The lowest BCUT2D eigenvalue weighted by Crippen LogP contribution is -2.53. The first-order chi connectivity index (χ1) is 12.0. The summed E-state index contributed by atoms with van der Waals surface area (Å²) in [4.78, 5) is 25.8. The second-order valence-corrected chi connectivity index (χ2v) is 6.72.